The maximum atomic E-state index is 13.3. The molecule has 0 spiro atoms. The first-order chi connectivity index (χ1) is 24.0. The van der Waals surface area contributed by atoms with E-state index in [1.165, 1.54) is 30.3 Å². The van der Waals surface area contributed by atoms with Gasteiger partial charge in [-0.1, -0.05) is 41.4 Å². The average Bonchev–Trinajstić information content (AvgIpc) is 3.84. The largest absolute Gasteiger partial charge is 0.755 e. The van der Waals surface area contributed by atoms with Gasteiger partial charge in [0.25, 0.3) is 0 Å². The molecule has 2 unspecified atom stereocenters. The molecule has 0 amide bonds. The molecule has 1 aliphatic rings. The molecular weight excluding hydrogens is 735 g/mol. The van der Waals surface area contributed by atoms with Gasteiger partial charge in [0, 0.05) is 35.5 Å². The Bertz CT molecular complexity index is 1690. The van der Waals surface area contributed by atoms with E-state index in [4.69, 9.17) is 37.4 Å². The minimum Gasteiger partial charge on any atom is -0.755 e. The number of benzene rings is 2. The fourth-order valence-electron chi connectivity index (χ4n) is 4.93. The Labute approximate surface area is 307 Å². The normalized spacial score (nSPS) is 14.3. The van der Waals surface area contributed by atoms with Crippen molar-refractivity contribution in [2.45, 2.75) is 64.9 Å². The third-order valence-electron chi connectivity index (χ3n) is 7.40. The molecule has 17 heteroatoms. The first kappa shape index (κ1) is 40.0. The molecule has 12 nitrogen and oxygen atoms in total. The van der Waals surface area contributed by atoms with Crippen LogP contribution in [0.25, 0.3) is 0 Å². The highest BCUT2D eigenvalue weighted by atomic mass is 35.5. The molecule has 0 saturated heterocycles. The van der Waals surface area contributed by atoms with Crippen LogP contribution in [0.1, 0.15) is 56.4 Å². The monoisotopic (exact) mass is 772 g/mol. The first-order valence-corrected chi connectivity index (χ1v) is 17.6. The second-order valence-electron chi connectivity index (χ2n) is 13.0. The summed E-state index contributed by atoms with van der Waals surface area (Å²) in [6, 6.07) is 10.6. The van der Waals surface area contributed by atoms with Gasteiger partial charge in [-0.05, 0) is 82.0 Å². The summed E-state index contributed by atoms with van der Waals surface area (Å²) in [5, 5.41) is 11.9. The molecule has 1 aromatic heterocycles. The van der Waals surface area contributed by atoms with Crippen LogP contribution < -0.4 is 18.5 Å². The van der Waals surface area contributed by atoms with Crippen molar-refractivity contribution in [1.82, 2.24) is 4.90 Å². The number of ether oxygens (including phenoxy) is 4. The summed E-state index contributed by atoms with van der Waals surface area (Å²) in [5.74, 6) is -1.18. The zero-order chi connectivity index (χ0) is 37.5. The zero-order valence-corrected chi connectivity index (χ0v) is 30.6. The molecule has 0 N–H and O–H groups in total. The Morgan fingerprint density at radius 1 is 1.02 bits per heavy atom. The fraction of sp³-hybridized carbons (Fsp3) is 0.441. The fourth-order valence-corrected chi connectivity index (χ4v) is 6.04. The highest BCUT2D eigenvalue weighted by molar-refractivity contribution is 7.80. The molecule has 1 heterocycles. The van der Waals surface area contributed by atoms with E-state index in [0.29, 0.717) is 28.4 Å². The Balaban J connectivity index is 1.48. The maximum Gasteiger partial charge on any atom is 0.387 e. The summed E-state index contributed by atoms with van der Waals surface area (Å²) < 4.78 is 73.0. The minimum atomic E-state index is -3.09. The van der Waals surface area contributed by atoms with Crippen LogP contribution in [0.2, 0.25) is 10.0 Å². The third kappa shape index (κ3) is 12.8. The number of rotatable bonds is 17. The molecule has 0 aliphatic heterocycles. The summed E-state index contributed by atoms with van der Waals surface area (Å²) in [6.07, 6.45) is 3.04. The Hall–Kier alpha value is -3.76. The molecule has 278 valence electrons. The number of nitrogens with zero attached hydrogens (tertiary/aromatic N) is 3. The van der Waals surface area contributed by atoms with Gasteiger partial charge in [0.1, 0.15) is 28.3 Å². The Kier molecular flexibility index (Phi) is 13.8. The van der Waals surface area contributed by atoms with Gasteiger partial charge >= 0.3 is 18.6 Å². The summed E-state index contributed by atoms with van der Waals surface area (Å²) in [5.41, 5.74) is 0.888. The zero-order valence-electron chi connectivity index (χ0n) is 28.3. The number of hydrogen-bond acceptors (Lipinski definition) is 10. The number of likely N-dealkylation sites (N-methyl/N-ethyl adjacent to an activating group) is 1. The lowest BCUT2D eigenvalue weighted by molar-refractivity contribution is -0.605. The van der Waals surface area contributed by atoms with Crippen LogP contribution in [0.3, 0.4) is 0 Å². The van der Waals surface area contributed by atoms with Crippen molar-refractivity contribution in [2.75, 3.05) is 31.0 Å². The smallest absolute Gasteiger partial charge is 0.387 e. The number of carbonyl (C=O) groups excluding carboxylic acids is 2. The quantitative estimate of drug-likeness (QED) is 0.0702. The molecule has 1 aliphatic carbocycles. The van der Waals surface area contributed by atoms with Crippen LogP contribution in [-0.4, -0.2) is 64.6 Å². The van der Waals surface area contributed by atoms with E-state index >= 15 is 0 Å². The van der Waals surface area contributed by atoms with Gasteiger partial charge in [0.05, 0.1) is 13.2 Å². The molecule has 51 heavy (non-hydrogen) atoms. The van der Waals surface area contributed by atoms with Crippen molar-refractivity contribution >= 4 is 52.1 Å². The Morgan fingerprint density at radius 3 is 2.24 bits per heavy atom. The lowest BCUT2D eigenvalue weighted by Crippen LogP contribution is -2.36. The molecule has 4 rings (SSSR count). The predicted molar refractivity (Wildman–Crippen MR) is 184 cm³/mol. The van der Waals surface area contributed by atoms with Gasteiger partial charge < -0.3 is 28.7 Å². The van der Waals surface area contributed by atoms with Crippen LogP contribution >= 0.6 is 23.2 Å². The van der Waals surface area contributed by atoms with Crippen LogP contribution in [0.15, 0.2) is 54.9 Å². The summed E-state index contributed by atoms with van der Waals surface area (Å²) in [4.78, 5) is 27.2. The average molecular weight is 774 g/mol. The van der Waals surface area contributed by atoms with E-state index in [0.717, 1.165) is 35.1 Å². The molecule has 2 aromatic carbocycles. The van der Waals surface area contributed by atoms with E-state index in [9.17, 15) is 32.3 Å². The van der Waals surface area contributed by atoms with Gasteiger partial charge in [0.15, 0.2) is 23.9 Å². The summed E-state index contributed by atoms with van der Waals surface area (Å²) in [6.45, 7) is 1.79. The number of anilines is 1. The number of pyridine rings is 1. The van der Waals surface area contributed by atoms with Crippen molar-refractivity contribution in [1.29, 1.82) is 0 Å². The van der Waals surface area contributed by atoms with Gasteiger partial charge in [-0.3, -0.25) is 23.0 Å². The predicted octanol–water partition coefficient (Wildman–Crippen LogP) is 5.92. The maximum absolute atomic E-state index is 13.3. The SMILES string of the molecule is CN(CC(=O)OC(Cc1c(Cl)c[n+]([O-])cc1Cl)c1ccc(OC(F)F)c(OCC2CC2)c1)Cc1ccc(N(CC(=O)OC(C)(C)C)S(=O)[O-])cc1. The molecule has 2 atom stereocenters. The Morgan fingerprint density at radius 2 is 1.67 bits per heavy atom. The van der Waals surface area contributed by atoms with Crippen molar-refractivity contribution < 1.29 is 50.8 Å². The lowest BCUT2D eigenvalue weighted by atomic mass is 10.0. The summed E-state index contributed by atoms with van der Waals surface area (Å²) >= 11 is 9.93. The minimum absolute atomic E-state index is 0.0347. The number of aromatic nitrogens is 1. The molecule has 0 bridgehead atoms. The topological polar surface area (TPSA) is 145 Å². The standard InChI is InChI=1S/C34H39Cl2F2N3O9S/c1-34(2,3)50-32(43)19-41(51(45)46)24-10-7-21(8-11-24)15-39(4)18-31(42)48-29(14-25-26(35)16-40(44)17-27(25)36)23-9-12-28(49-33(37)38)30(13-23)47-20-22-5-6-22/h7-13,16-17,22,29,33H,5-6,14-15,18-20H2,1-4H3,(H,45,46)/p-1. The van der Waals surface area contributed by atoms with Gasteiger partial charge in [-0.25, -0.2) is 0 Å². The molecule has 1 saturated carbocycles. The van der Waals surface area contributed by atoms with Gasteiger partial charge in [0.2, 0.25) is 0 Å². The second kappa shape index (κ2) is 17.6. The van der Waals surface area contributed by atoms with Crippen LogP contribution in [0.4, 0.5) is 14.5 Å². The summed E-state index contributed by atoms with van der Waals surface area (Å²) in [7, 11) is 1.67. The van der Waals surface area contributed by atoms with E-state index < -0.39 is 48.1 Å². The number of esters is 2. The third-order valence-corrected chi connectivity index (χ3v) is 8.75. The van der Waals surface area contributed by atoms with Gasteiger partial charge in [-0.2, -0.15) is 13.5 Å². The van der Waals surface area contributed by atoms with Gasteiger partial charge in [-0.15, -0.1) is 0 Å². The molecule has 1 fully saturated rings. The van der Waals surface area contributed by atoms with Crippen molar-refractivity contribution in [3.05, 3.63) is 86.8 Å². The van der Waals surface area contributed by atoms with Crippen molar-refractivity contribution in [2.24, 2.45) is 5.92 Å². The van der Waals surface area contributed by atoms with Crippen molar-refractivity contribution in [3.8, 4) is 11.5 Å². The highest BCUT2D eigenvalue weighted by Gasteiger charge is 2.27. The van der Waals surface area contributed by atoms with E-state index in [2.05, 4.69) is 4.74 Å². The van der Waals surface area contributed by atoms with E-state index in [-0.39, 0.29) is 46.7 Å². The van der Waals surface area contributed by atoms with Crippen LogP contribution in [0, 0.1) is 11.1 Å². The lowest BCUT2D eigenvalue weighted by Gasteiger charge is -2.28. The van der Waals surface area contributed by atoms with Crippen LogP contribution in [-0.2, 0) is 43.3 Å². The first-order valence-electron chi connectivity index (χ1n) is 15.8. The number of alkyl halides is 2. The van der Waals surface area contributed by atoms with Crippen LogP contribution in [0.5, 0.6) is 11.5 Å². The number of carbonyl (C=O) groups is 2. The van der Waals surface area contributed by atoms with E-state index in [1.54, 1.807) is 44.9 Å². The second-order valence-corrected chi connectivity index (χ2v) is 14.7. The molecule has 3 aromatic rings. The van der Waals surface area contributed by atoms with Crippen molar-refractivity contribution in [3.63, 3.8) is 0 Å². The number of halogens is 4. The number of hydrogen-bond donors (Lipinski definition) is 0. The highest BCUT2D eigenvalue weighted by Crippen LogP contribution is 2.38. The van der Waals surface area contributed by atoms with E-state index in [1.807, 2.05) is 0 Å². The molecular formula is C34H38Cl2F2N3O9S-. The molecule has 0 radical (unpaired) electrons.